The number of rotatable bonds is 8. The Bertz CT molecular complexity index is 1010. The Labute approximate surface area is 172 Å². The summed E-state index contributed by atoms with van der Waals surface area (Å²) in [6.07, 6.45) is 0. The fourth-order valence-electron chi connectivity index (χ4n) is 2.50. The van der Waals surface area contributed by atoms with E-state index in [1.807, 2.05) is 6.92 Å². The predicted molar refractivity (Wildman–Crippen MR) is 106 cm³/mol. The van der Waals surface area contributed by atoms with Crippen molar-refractivity contribution in [1.82, 2.24) is 15.5 Å². The van der Waals surface area contributed by atoms with Gasteiger partial charge in [0.15, 0.2) is 6.61 Å². The number of benzene rings is 2. The van der Waals surface area contributed by atoms with Crippen molar-refractivity contribution in [2.45, 2.75) is 13.5 Å². The molecule has 0 bridgehead atoms. The molecule has 0 aliphatic rings. The first-order valence-corrected chi connectivity index (χ1v) is 9.08. The molecular weight excluding hydrogens is 398 g/mol. The van der Waals surface area contributed by atoms with E-state index in [0.717, 1.165) is 5.56 Å². The molecule has 1 aromatic heterocycles. The van der Waals surface area contributed by atoms with Crippen molar-refractivity contribution in [3.8, 4) is 28.6 Å². The largest absolute Gasteiger partial charge is 0.497 e. The number of halogens is 1. The highest BCUT2D eigenvalue weighted by Crippen LogP contribution is 2.31. The summed E-state index contributed by atoms with van der Waals surface area (Å²) in [6, 6.07) is 10.5. The molecule has 1 N–H and O–H groups in total. The van der Waals surface area contributed by atoms with Gasteiger partial charge in [0.2, 0.25) is 11.7 Å². The van der Waals surface area contributed by atoms with Gasteiger partial charge < -0.3 is 24.1 Å². The molecule has 0 radical (unpaired) electrons. The molecule has 0 aliphatic heterocycles. The second kappa shape index (κ2) is 9.29. The molecule has 0 saturated heterocycles. The summed E-state index contributed by atoms with van der Waals surface area (Å²) in [5.41, 5.74) is 1.52. The monoisotopic (exact) mass is 417 g/mol. The lowest BCUT2D eigenvalue weighted by Gasteiger charge is -2.07. The Balaban J connectivity index is 1.56. The number of methoxy groups -OCH3 is 2. The van der Waals surface area contributed by atoms with E-state index in [0.29, 0.717) is 33.7 Å². The van der Waals surface area contributed by atoms with Crippen molar-refractivity contribution in [3.63, 3.8) is 0 Å². The number of amides is 1. The third-order valence-corrected chi connectivity index (χ3v) is 4.48. The van der Waals surface area contributed by atoms with Gasteiger partial charge in [0, 0.05) is 11.1 Å². The van der Waals surface area contributed by atoms with Gasteiger partial charge in [-0.05, 0) is 42.8 Å². The van der Waals surface area contributed by atoms with Crippen LogP contribution >= 0.6 is 11.6 Å². The van der Waals surface area contributed by atoms with Gasteiger partial charge in [-0.1, -0.05) is 16.8 Å². The van der Waals surface area contributed by atoms with Gasteiger partial charge in [-0.15, -0.1) is 0 Å². The molecule has 1 heterocycles. The zero-order valence-corrected chi connectivity index (χ0v) is 16.9. The summed E-state index contributed by atoms with van der Waals surface area (Å²) in [4.78, 5) is 16.3. The average Bonchev–Trinajstić information content (AvgIpc) is 3.21. The van der Waals surface area contributed by atoms with Crippen molar-refractivity contribution >= 4 is 17.5 Å². The molecule has 9 heteroatoms. The van der Waals surface area contributed by atoms with E-state index in [1.54, 1.807) is 50.6 Å². The topological polar surface area (TPSA) is 95.7 Å². The van der Waals surface area contributed by atoms with Gasteiger partial charge in [0.1, 0.15) is 17.2 Å². The zero-order valence-electron chi connectivity index (χ0n) is 16.2. The third-order valence-electron chi connectivity index (χ3n) is 4.05. The molecule has 2 aromatic carbocycles. The molecule has 29 heavy (non-hydrogen) atoms. The fourth-order valence-corrected chi connectivity index (χ4v) is 2.62. The number of aromatic nitrogens is 2. The number of nitrogens with one attached hydrogen (secondary N) is 1. The van der Waals surface area contributed by atoms with Gasteiger partial charge >= 0.3 is 0 Å². The van der Waals surface area contributed by atoms with Crippen molar-refractivity contribution in [2.24, 2.45) is 0 Å². The van der Waals surface area contributed by atoms with Crippen molar-refractivity contribution < 1.29 is 23.5 Å². The predicted octanol–water partition coefficient (Wildman–Crippen LogP) is 3.41. The molecule has 0 fully saturated rings. The molecule has 0 unspecified atom stereocenters. The summed E-state index contributed by atoms with van der Waals surface area (Å²) in [6.45, 7) is 1.79. The Kier molecular flexibility index (Phi) is 6.56. The van der Waals surface area contributed by atoms with Crippen LogP contribution in [0.2, 0.25) is 5.02 Å². The van der Waals surface area contributed by atoms with Crippen molar-refractivity contribution in [2.75, 3.05) is 20.8 Å². The summed E-state index contributed by atoms with van der Waals surface area (Å²) in [5.74, 6) is 2.05. The average molecular weight is 418 g/mol. The summed E-state index contributed by atoms with van der Waals surface area (Å²) >= 11 is 5.97. The van der Waals surface area contributed by atoms with Crippen LogP contribution in [0, 0.1) is 6.92 Å². The minimum absolute atomic E-state index is 0.0767. The second-order valence-corrected chi connectivity index (χ2v) is 6.46. The highest BCUT2D eigenvalue weighted by Gasteiger charge is 2.15. The van der Waals surface area contributed by atoms with Crippen molar-refractivity contribution in [3.05, 3.63) is 52.9 Å². The second-order valence-electron chi connectivity index (χ2n) is 6.05. The van der Waals surface area contributed by atoms with E-state index in [1.165, 1.54) is 0 Å². The molecular formula is C20H20ClN3O5. The molecule has 0 aliphatic carbocycles. The minimum Gasteiger partial charge on any atom is -0.497 e. The van der Waals surface area contributed by atoms with Crippen LogP contribution in [0.3, 0.4) is 0 Å². The first kappa shape index (κ1) is 20.5. The standard InChI is InChI=1S/C20H20ClN3O5/c1-12-8-14(5-7-16(12)21)28-11-18(25)22-10-19-23-20(24-29-19)15-6-4-13(26-2)9-17(15)27-3/h4-9H,10-11H2,1-3H3,(H,22,25). The van der Waals surface area contributed by atoms with E-state index in [2.05, 4.69) is 15.5 Å². The van der Waals surface area contributed by atoms with Gasteiger partial charge in [-0.25, -0.2) is 0 Å². The molecule has 3 aromatic rings. The van der Waals surface area contributed by atoms with Crippen LogP contribution in [0.1, 0.15) is 11.5 Å². The number of aryl methyl sites for hydroxylation is 1. The van der Waals surface area contributed by atoms with Gasteiger partial charge in [0.25, 0.3) is 5.91 Å². The van der Waals surface area contributed by atoms with Gasteiger partial charge in [-0.3, -0.25) is 4.79 Å². The van der Waals surface area contributed by atoms with Crippen LogP contribution in [0.4, 0.5) is 0 Å². The molecule has 1 amide bonds. The van der Waals surface area contributed by atoms with E-state index in [4.69, 9.17) is 30.3 Å². The van der Waals surface area contributed by atoms with E-state index in [-0.39, 0.29) is 24.9 Å². The Hall–Kier alpha value is -3.26. The fraction of sp³-hybridized carbons (Fsp3) is 0.250. The lowest BCUT2D eigenvalue weighted by Crippen LogP contribution is -2.28. The summed E-state index contributed by atoms with van der Waals surface area (Å²) in [7, 11) is 3.11. The van der Waals surface area contributed by atoms with Crippen LogP contribution in [-0.2, 0) is 11.3 Å². The Morgan fingerprint density at radius 2 is 1.93 bits per heavy atom. The maximum Gasteiger partial charge on any atom is 0.258 e. The van der Waals surface area contributed by atoms with Crippen LogP contribution in [0.25, 0.3) is 11.4 Å². The molecule has 3 rings (SSSR count). The van der Waals surface area contributed by atoms with Crippen molar-refractivity contribution in [1.29, 1.82) is 0 Å². The minimum atomic E-state index is -0.320. The quantitative estimate of drug-likeness (QED) is 0.600. The molecule has 0 saturated carbocycles. The van der Waals surface area contributed by atoms with Crippen LogP contribution in [-0.4, -0.2) is 36.9 Å². The molecule has 0 spiro atoms. The highest BCUT2D eigenvalue weighted by molar-refractivity contribution is 6.31. The number of nitrogens with zero attached hydrogens (tertiary/aromatic N) is 2. The Morgan fingerprint density at radius 1 is 1.14 bits per heavy atom. The van der Waals surface area contributed by atoms with Crippen LogP contribution < -0.4 is 19.5 Å². The smallest absolute Gasteiger partial charge is 0.258 e. The maximum absolute atomic E-state index is 12.0. The van der Waals surface area contributed by atoms with E-state index in [9.17, 15) is 4.79 Å². The highest BCUT2D eigenvalue weighted by atomic mass is 35.5. The van der Waals surface area contributed by atoms with E-state index < -0.39 is 0 Å². The van der Waals surface area contributed by atoms with Crippen LogP contribution in [0.5, 0.6) is 17.2 Å². The Morgan fingerprint density at radius 3 is 2.66 bits per heavy atom. The molecule has 152 valence electrons. The normalized spacial score (nSPS) is 10.5. The lowest BCUT2D eigenvalue weighted by molar-refractivity contribution is -0.123. The number of carbonyl (C=O) groups is 1. The summed E-state index contributed by atoms with van der Waals surface area (Å²) in [5, 5.41) is 7.25. The third kappa shape index (κ3) is 5.17. The van der Waals surface area contributed by atoms with E-state index >= 15 is 0 Å². The molecule has 8 nitrogen and oxygen atoms in total. The number of carbonyl (C=O) groups excluding carboxylic acids is 1. The summed E-state index contributed by atoms with van der Waals surface area (Å²) < 4.78 is 21.2. The van der Waals surface area contributed by atoms with Gasteiger partial charge in [0.05, 0.1) is 26.3 Å². The van der Waals surface area contributed by atoms with Gasteiger partial charge in [-0.2, -0.15) is 4.98 Å². The number of ether oxygens (including phenoxy) is 3. The lowest BCUT2D eigenvalue weighted by atomic mass is 10.2. The number of hydrogen-bond donors (Lipinski definition) is 1. The number of hydrogen-bond acceptors (Lipinski definition) is 7. The van der Waals surface area contributed by atoms with Crippen LogP contribution in [0.15, 0.2) is 40.9 Å². The SMILES string of the molecule is COc1ccc(-c2noc(CNC(=O)COc3ccc(Cl)c(C)c3)n2)c(OC)c1. The molecule has 0 atom stereocenters. The first-order chi connectivity index (χ1) is 14.0. The first-order valence-electron chi connectivity index (χ1n) is 8.70. The maximum atomic E-state index is 12.0. The zero-order chi connectivity index (χ0) is 20.8.